The van der Waals surface area contributed by atoms with E-state index in [1.807, 2.05) is 0 Å². The minimum atomic E-state index is -0.847. The Kier molecular flexibility index (Phi) is 6.26. The number of hydrogen-bond donors (Lipinski definition) is 2. The molecular weight excluding hydrogens is 340 g/mol. The van der Waals surface area contributed by atoms with Gasteiger partial charge in [0.15, 0.2) is 11.5 Å². The third-order valence-corrected chi connectivity index (χ3v) is 3.27. The summed E-state index contributed by atoms with van der Waals surface area (Å²) in [5.41, 5.74) is 13.6. The number of carbonyl (C=O) groups excluding carboxylic acids is 2. The Morgan fingerprint density at radius 3 is 1.50 bits per heavy atom. The number of benzene rings is 2. The smallest absolute Gasteiger partial charge is 0.434 e. The van der Waals surface area contributed by atoms with Crippen LogP contribution >= 0.6 is 0 Å². The molecule has 2 aromatic rings. The Hall–Kier alpha value is -3.42. The van der Waals surface area contributed by atoms with Crippen LogP contribution in [0.15, 0.2) is 36.4 Å². The van der Waals surface area contributed by atoms with Crippen molar-refractivity contribution in [2.75, 3.05) is 24.7 Å². The predicted octanol–water partition coefficient (Wildman–Crippen LogP) is 3.59. The van der Waals surface area contributed by atoms with Crippen LogP contribution in [0, 0.1) is 0 Å². The van der Waals surface area contributed by atoms with E-state index in [2.05, 4.69) is 0 Å². The van der Waals surface area contributed by atoms with Gasteiger partial charge in [-0.2, -0.15) is 0 Å². The molecule has 0 amide bonds. The minimum Gasteiger partial charge on any atom is -0.434 e. The number of nitrogens with two attached hydrogens (primary N) is 2. The average Bonchev–Trinajstić information content (AvgIpc) is 2.59. The Bertz CT molecular complexity index is 739. The maximum absolute atomic E-state index is 11.5. The van der Waals surface area contributed by atoms with Crippen molar-refractivity contribution in [1.82, 2.24) is 0 Å². The Morgan fingerprint density at radius 2 is 1.15 bits per heavy atom. The maximum Gasteiger partial charge on any atom is 0.513 e. The van der Waals surface area contributed by atoms with Gasteiger partial charge in [-0.15, -0.1) is 0 Å². The lowest BCUT2D eigenvalue weighted by atomic mass is 10.0. The van der Waals surface area contributed by atoms with E-state index in [0.29, 0.717) is 11.1 Å². The van der Waals surface area contributed by atoms with Gasteiger partial charge in [-0.1, -0.05) is 12.1 Å². The first-order chi connectivity index (χ1) is 12.4. The van der Waals surface area contributed by atoms with Crippen LogP contribution < -0.4 is 20.9 Å². The van der Waals surface area contributed by atoms with Crippen molar-refractivity contribution in [3.8, 4) is 22.6 Å². The van der Waals surface area contributed by atoms with Gasteiger partial charge in [0.05, 0.1) is 24.6 Å². The molecule has 8 nitrogen and oxygen atoms in total. The van der Waals surface area contributed by atoms with Crippen LogP contribution in [0.2, 0.25) is 0 Å². The van der Waals surface area contributed by atoms with Crippen molar-refractivity contribution in [3.05, 3.63) is 36.4 Å². The van der Waals surface area contributed by atoms with E-state index in [1.54, 1.807) is 50.2 Å². The first kappa shape index (κ1) is 18.9. The summed E-state index contributed by atoms with van der Waals surface area (Å²) in [4.78, 5) is 23.0. The Morgan fingerprint density at radius 1 is 0.769 bits per heavy atom. The van der Waals surface area contributed by atoms with Gasteiger partial charge in [0.2, 0.25) is 0 Å². The minimum absolute atomic E-state index is 0.158. The van der Waals surface area contributed by atoms with Crippen molar-refractivity contribution in [2.24, 2.45) is 0 Å². The Labute approximate surface area is 150 Å². The summed E-state index contributed by atoms with van der Waals surface area (Å²) in [5.74, 6) is 0.316. The van der Waals surface area contributed by atoms with E-state index in [0.717, 1.165) is 0 Å². The zero-order valence-corrected chi connectivity index (χ0v) is 14.5. The monoisotopic (exact) mass is 360 g/mol. The predicted molar refractivity (Wildman–Crippen MR) is 96.0 cm³/mol. The molecule has 0 saturated heterocycles. The molecule has 2 aromatic carbocycles. The molecule has 0 bridgehead atoms. The number of anilines is 2. The van der Waals surface area contributed by atoms with Crippen molar-refractivity contribution < 1.29 is 28.5 Å². The summed E-state index contributed by atoms with van der Waals surface area (Å²) in [6.45, 7) is 3.71. The molecule has 0 radical (unpaired) electrons. The quantitative estimate of drug-likeness (QED) is 0.471. The van der Waals surface area contributed by atoms with Crippen LogP contribution in [0.5, 0.6) is 11.5 Å². The molecule has 138 valence electrons. The standard InChI is InChI=1S/C18H20N2O6/c1-3-23-17(21)25-15-9-11(5-7-13(15)19)12-6-8-14(20)16(10-12)26-18(22)24-4-2/h5-10H,3-4,19-20H2,1-2H3. The lowest BCUT2D eigenvalue weighted by Crippen LogP contribution is -2.11. The fourth-order valence-electron chi connectivity index (χ4n) is 2.08. The maximum atomic E-state index is 11.5. The fraction of sp³-hybridized carbons (Fsp3) is 0.222. The van der Waals surface area contributed by atoms with Crippen LogP contribution in [0.1, 0.15) is 13.8 Å². The first-order valence-electron chi connectivity index (χ1n) is 7.93. The Balaban J connectivity index is 2.30. The van der Waals surface area contributed by atoms with E-state index in [-0.39, 0.29) is 36.1 Å². The van der Waals surface area contributed by atoms with E-state index in [4.69, 9.17) is 30.4 Å². The first-order valence-corrected chi connectivity index (χ1v) is 7.93. The van der Waals surface area contributed by atoms with Crippen molar-refractivity contribution in [3.63, 3.8) is 0 Å². The van der Waals surface area contributed by atoms with Gasteiger partial charge in [-0.25, -0.2) is 9.59 Å². The second-order valence-corrected chi connectivity index (χ2v) is 5.08. The van der Waals surface area contributed by atoms with E-state index in [1.165, 1.54) is 0 Å². The van der Waals surface area contributed by atoms with Gasteiger partial charge < -0.3 is 30.4 Å². The normalized spacial score (nSPS) is 10.1. The number of nitrogen functional groups attached to an aromatic ring is 2. The summed E-state index contributed by atoms with van der Waals surface area (Å²) in [5, 5.41) is 0. The second-order valence-electron chi connectivity index (χ2n) is 5.08. The number of hydrogen-bond acceptors (Lipinski definition) is 8. The molecule has 4 N–H and O–H groups in total. The van der Waals surface area contributed by atoms with Gasteiger partial charge in [0.25, 0.3) is 0 Å². The van der Waals surface area contributed by atoms with Crippen molar-refractivity contribution in [2.45, 2.75) is 13.8 Å². The highest BCUT2D eigenvalue weighted by Gasteiger charge is 2.13. The SMILES string of the molecule is CCOC(=O)Oc1cc(-c2ccc(N)c(OC(=O)OCC)c2)ccc1N. The molecule has 0 aliphatic carbocycles. The second kappa shape index (κ2) is 8.61. The summed E-state index contributed by atoms with van der Waals surface area (Å²) in [6, 6.07) is 9.79. The van der Waals surface area contributed by atoms with Crippen LogP contribution in [0.4, 0.5) is 21.0 Å². The molecule has 0 heterocycles. The largest absolute Gasteiger partial charge is 0.513 e. The summed E-state index contributed by atoms with van der Waals surface area (Å²) in [7, 11) is 0. The highest BCUT2D eigenvalue weighted by atomic mass is 16.7. The zero-order valence-electron chi connectivity index (χ0n) is 14.5. The molecule has 0 saturated carbocycles. The molecule has 0 aliphatic rings. The van der Waals surface area contributed by atoms with E-state index >= 15 is 0 Å². The third-order valence-electron chi connectivity index (χ3n) is 3.27. The van der Waals surface area contributed by atoms with Gasteiger partial charge in [0.1, 0.15) is 0 Å². The van der Waals surface area contributed by atoms with E-state index < -0.39 is 12.3 Å². The molecule has 0 aliphatic heterocycles. The zero-order chi connectivity index (χ0) is 19.1. The molecule has 0 aromatic heterocycles. The molecule has 26 heavy (non-hydrogen) atoms. The summed E-state index contributed by atoms with van der Waals surface area (Å²) < 4.78 is 19.7. The van der Waals surface area contributed by atoms with Crippen LogP contribution in [-0.2, 0) is 9.47 Å². The molecule has 0 unspecified atom stereocenters. The number of ether oxygens (including phenoxy) is 4. The fourth-order valence-corrected chi connectivity index (χ4v) is 2.08. The summed E-state index contributed by atoms with van der Waals surface area (Å²) in [6.07, 6.45) is -1.69. The molecule has 0 fully saturated rings. The molecule has 0 atom stereocenters. The van der Waals surface area contributed by atoms with Gasteiger partial charge >= 0.3 is 12.3 Å². The van der Waals surface area contributed by atoms with E-state index in [9.17, 15) is 9.59 Å². The number of rotatable bonds is 5. The molecule has 0 spiro atoms. The highest BCUT2D eigenvalue weighted by Crippen LogP contribution is 2.33. The van der Waals surface area contributed by atoms with Gasteiger partial charge in [-0.3, -0.25) is 0 Å². The average molecular weight is 360 g/mol. The van der Waals surface area contributed by atoms with Crippen molar-refractivity contribution in [1.29, 1.82) is 0 Å². The van der Waals surface area contributed by atoms with Crippen molar-refractivity contribution >= 4 is 23.7 Å². The van der Waals surface area contributed by atoms with Crippen LogP contribution in [0.3, 0.4) is 0 Å². The lowest BCUT2D eigenvalue weighted by Gasteiger charge is -2.11. The molecular formula is C18H20N2O6. The lowest BCUT2D eigenvalue weighted by molar-refractivity contribution is 0.103. The molecule has 2 rings (SSSR count). The third kappa shape index (κ3) is 4.79. The topological polar surface area (TPSA) is 123 Å². The summed E-state index contributed by atoms with van der Waals surface area (Å²) >= 11 is 0. The molecule has 8 heteroatoms. The van der Waals surface area contributed by atoms with Gasteiger partial charge in [0, 0.05) is 0 Å². The highest BCUT2D eigenvalue weighted by molar-refractivity contribution is 5.77. The van der Waals surface area contributed by atoms with Crippen LogP contribution in [-0.4, -0.2) is 25.5 Å². The van der Waals surface area contributed by atoms with Crippen LogP contribution in [0.25, 0.3) is 11.1 Å². The number of carbonyl (C=O) groups is 2. The van der Waals surface area contributed by atoms with Gasteiger partial charge in [-0.05, 0) is 49.2 Å².